The van der Waals surface area contributed by atoms with E-state index in [1.54, 1.807) is 11.8 Å². The summed E-state index contributed by atoms with van der Waals surface area (Å²) in [4.78, 5) is 0. The van der Waals surface area contributed by atoms with Crippen molar-refractivity contribution in [3.63, 3.8) is 0 Å². The maximum absolute atomic E-state index is 9.12. The lowest BCUT2D eigenvalue weighted by molar-refractivity contribution is 0.113. The Morgan fingerprint density at radius 1 is 1.41 bits per heavy atom. The van der Waals surface area contributed by atoms with E-state index < -0.39 is 6.10 Å². The fourth-order valence-electron chi connectivity index (χ4n) is 1.33. The number of ether oxygens (including phenoxy) is 1. The second kappa shape index (κ2) is 8.39. The van der Waals surface area contributed by atoms with Gasteiger partial charge in [0.1, 0.15) is 5.75 Å². The van der Waals surface area contributed by atoms with Crippen LogP contribution in [0, 0.1) is 6.92 Å². The lowest BCUT2D eigenvalue weighted by atomic mass is 10.2. The standard InChI is InChI=1S/C13H20O3S/c1-11-4-2-5-13(8-11)16-6-3-7-17-10-12(15)9-14/h2,4-5,8,12,14-15H,3,6-7,9-10H2,1H3. The number of benzene rings is 1. The molecular formula is C13H20O3S. The summed E-state index contributed by atoms with van der Waals surface area (Å²) in [5.41, 5.74) is 1.20. The van der Waals surface area contributed by atoms with Crippen molar-refractivity contribution in [2.75, 3.05) is 24.7 Å². The molecule has 0 fully saturated rings. The summed E-state index contributed by atoms with van der Waals surface area (Å²) < 4.78 is 5.59. The van der Waals surface area contributed by atoms with E-state index in [1.807, 2.05) is 31.2 Å². The highest BCUT2D eigenvalue weighted by Crippen LogP contribution is 2.13. The Morgan fingerprint density at radius 3 is 2.94 bits per heavy atom. The molecule has 0 heterocycles. The Hall–Kier alpha value is -0.710. The third kappa shape index (κ3) is 6.56. The molecule has 0 bridgehead atoms. The predicted octanol–water partition coefficient (Wildman–Crippen LogP) is 1.85. The van der Waals surface area contributed by atoms with Crippen LogP contribution in [-0.2, 0) is 0 Å². The maximum atomic E-state index is 9.12. The molecule has 2 N–H and O–H groups in total. The number of hydrogen-bond donors (Lipinski definition) is 2. The zero-order valence-corrected chi connectivity index (χ0v) is 10.9. The van der Waals surface area contributed by atoms with E-state index in [0.717, 1.165) is 17.9 Å². The van der Waals surface area contributed by atoms with Crippen LogP contribution in [0.1, 0.15) is 12.0 Å². The molecule has 0 aliphatic carbocycles. The van der Waals surface area contributed by atoms with E-state index in [1.165, 1.54) is 5.56 Å². The molecule has 1 atom stereocenters. The van der Waals surface area contributed by atoms with E-state index >= 15 is 0 Å². The van der Waals surface area contributed by atoms with Crippen molar-refractivity contribution in [1.29, 1.82) is 0 Å². The lowest BCUT2D eigenvalue weighted by Gasteiger charge is -2.08. The smallest absolute Gasteiger partial charge is 0.119 e. The fourth-order valence-corrected chi connectivity index (χ4v) is 2.19. The summed E-state index contributed by atoms with van der Waals surface area (Å²) in [7, 11) is 0. The highest BCUT2D eigenvalue weighted by molar-refractivity contribution is 7.99. The Morgan fingerprint density at radius 2 is 2.24 bits per heavy atom. The van der Waals surface area contributed by atoms with Gasteiger partial charge in [0.25, 0.3) is 0 Å². The normalized spacial score (nSPS) is 12.4. The molecule has 0 aromatic heterocycles. The van der Waals surface area contributed by atoms with Crippen molar-refractivity contribution in [1.82, 2.24) is 0 Å². The Bertz CT molecular complexity index is 317. The second-order valence-corrected chi connectivity index (χ2v) is 5.08. The molecule has 0 saturated heterocycles. The molecule has 0 saturated carbocycles. The molecule has 0 aliphatic rings. The van der Waals surface area contributed by atoms with E-state index in [0.29, 0.717) is 12.4 Å². The predicted molar refractivity (Wildman–Crippen MR) is 71.7 cm³/mol. The van der Waals surface area contributed by atoms with E-state index in [-0.39, 0.29) is 6.61 Å². The van der Waals surface area contributed by atoms with E-state index in [4.69, 9.17) is 14.9 Å². The minimum atomic E-state index is -0.599. The number of thioether (sulfide) groups is 1. The molecule has 1 aromatic rings. The monoisotopic (exact) mass is 256 g/mol. The van der Waals surface area contributed by atoms with Crippen LogP contribution >= 0.6 is 11.8 Å². The summed E-state index contributed by atoms with van der Waals surface area (Å²) in [6, 6.07) is 7.99. The highest BCUT2D eigenvalue weighted by Gasteiger charge is 2.01. The van der Waals surface area contributed by atoms with Crippen LogP contribution in [0.5, 0.6) is 5.75 Å². The molecule has 0 spiro atoms. The molecule has 0 radical (unpaired) electrons. The molecule has 1 rings (SSSR count). The Balaban J connectivity index is 2.05. The Kier molecular flexibility index (Phi) is 7.08. The van der Waals surface area contributed by atoms with Crippen molar-refractivity contribution < 1.29 is 14.9 Å². The molecule has 1 aromatic carbocycles. The molecule has 3 nitrogen and oxygen atoms in total. The van der Waals surface area contributed by atoms with E-state index in [9.17, 15) is 0 Å². The first kappa shape index (κ1) is 14.4. The van der Waals surface area contributed by atoms with Gasteiger partial charge >= 0.3 is 0 Å². The first-order chi connectivity index (χ1) is 8.22. The van der Waals surface area contributed by atoms with Crippen molar-refractivity contribution in [2.45, 2.75) is 19.4 Å². The Labute approximate surface area is 107 Å². The first-order valence-electron chi connectivity index (χ1n) is 5.78. The van der Waals surface area contributed by atoms with Gasteiger partial charge in [-0.15, -0.1) is 0 Å². The number of aryl methyl sites for hydroxylation is 1. The zero-order chi connectivity index (χ0) is 12.5. The van der Waals surface area contributed by atoms with Gasteiger partial charge in [0, 0.05) is 5.75 Å². The topological polar surface area (TPSA) is 49.7 Å². The molecule has 17 heavy (non-hydrogen) atoms. The van der Waals surface area contributed by atoms with Crippen LogP contribution < -0.4 is 4.74 Å². The molecule has 0 aliphatic heterocycles. The minimum Gasteiger partial charge on any atom is -0.494 e. The average Bonchev–Trinajstić information content (AvgIpc) is 2.33. The van der Waals surface area contributed by atoms with Gasteiger partial charge in [-0.05, 0) is 36.8 Å². The lowest BCUT2D eigenvalue weighted by Crippen LogP contribution is -2.15. The van der Waals surface area contributed by atoms with Crippen molar-refractivity contribution in [2.24, 2.45) is 0 Å². The van der Waals surface area contributed by atoms with Crippen LogP contribution in [0.15, 0.2) is 24.3 Å². The van der Waals surface area contributed by atoms with Crippen molar-refractivity contribution in [3.8, 4) is 5.75 Å². The van der Waals surface area contributed by atoms with Crippen molar-refractivity contribution in [3.05, 3.63) is 29.8 Å². The second-order valence-electron chi connectivity index (χ2n) is 3.93. The number of rotatable bonds is 8. The maximum Gasteiger partial charge on any atom is 0.119 e. The van der Waals surface area contributed by atoms with E-state index in [2.05, 4.69) is 0 Å². The number of aliphatic hydroxyl groups is 2. The fraction of sp³-hybridized carbons (Fsp3) is 0.538. The van der Waals surface area contributed by atoms with Crippen LogP contribution in [0.4, 0.5) is 0 Å². The van der Waals surface area contributed by atoms with Crippen molar-refractivity contribution >= 4 is 11.8 Å². The van der Waals surface area contributed by atoms with Gasteiger partial charge in [-0.3, -0.25) is 0 Å². The average molecular weight is 256 g/mol. The third-order valence-electron chi connectivity index (χ3n) is 2.21. The van der Waals surface area contributed by atoms with Gasteiger partial charge < -0.3 is 14.9 Å². The molecule has 0 amide bonds. The van der Waals surface area contributed by atoms with Crippen LogP contribution in [0.25, 0.3) is 0 Å². The van der Waals surface area contributed by atoms with Gasteiger partial charge in [-0.2, -0.15) is 11.8 Å². The van der Waals surface area contributed by atoms with Gasteiger partial charge in [-0.25, -0.2) is 0 Å². The molecule has 4 heteroatoms. The summed E-state index contributed by atoms with van der Waals surface area (Å²) in [5, 5.41) is 17.7. The summed E-state index contributed by atoms with van der Waals surface area (Å²) in [5.74, 6) is 2.43. The quantitative estimate of drug-likeness (QED) is 0.697. The molecular weight excluding hydrogens is 236 g/mol. The zero-order valence-electron chi connectivity index (χ0n) is 10.1. The SMILES string of the molecule is Cc1cccc(OCCCSCC(O)CO)c1. The number of aliphatic hydroxyl groups excluding tert-OH is 2. The van der Waals surface area contributed by atoms with Crippen LogP contribution in [0.2, 0.25) is 0 Å². The first-order valence-corrected chi connectivity index (χ1v) is 6.94. The van der Waals surface area contributed by atoms with Crippen LogP contribution in [-0.4, -0.2) is 41.0 Å². The van der Waals surface area contributed by atoms with Gasteiger partial charge in [0.05, 0.1) is 19.3 Å². The summed E-state index contributed by atoms with van der Waals surface area (Å²) in [6.07, 6.45) is 0.342. The summed E-state index contributed by atoms with van der Waals surface area (Å²) in [6.45, 7) is 2.57. The minimum absolute atomic E-state index is 0.160. The highest BCUT2D eigenvalue weighted by atomic mass is 32.2. The van der Waals surface area contributed by atoms with Gasteiger partial charge in [-0.1, -0.05) is 12.1 Å². The molecule has 96 valence electrons. The number of hydrogen-bond acceptors (Lipinski definition) is 4. The van der Waals surface area contributed by atoms with Gasteiger partial charge in [0.2, 0.25) is 0 Å². The molecule has 1 unspecified atom stereocenters. The van der Waals surface area contributed by atoms with Gasteiger partial charge in [0.15, 0.2) is 0 Å². The largest absolute Gasteiger partial charge is 0.494 e. The third-order valence-corrected chi connectivity index (χ3v) is 3.41. The summed E-state index contributed by atoms with van der Waals surface area (Å²) >= 11 is 1.63. The van der Waals surface area contributed by atoms with Crippen LogP contribution in [0.3, 0.4) is 0 Å².